The van der Waals surface area contributed by atoms with E-state index in [0.717, 1.165) is 11.0 Å². The Kier molecular flexibility index (Phi) is 7.67. The number of H-pyrrole nitrogens is 1. The van der Waals surface area contributed by atoms with Crippen LogP contribution in [0.2, 0.25) is 0 Å². The minimum atomic E-state index is -1.01. The maximum absolute atomic E-state index is 13.0. The number of amides is 1. The Balaban J connectivity index is 1.87. The lowest BCUT2D eigenvalue weighted by molar-refractivity contribution is -0.121. The highest BCUT2D eigenvalue weighted by Gasteiger charge is 2.25. The van der Waals surface area contributed by atoms with E-state index < -0.39 is 35.2 Å². The number of ether oxygens (including phenoxy) is 1. The van der Waals surface area contributed by atoms with E-state index in [1.54, 1.807) is 18.2 Å². The largest absolute Gasteiger partial charge is 0.450 e. The number of rotatable bonds is 9. The molecule has 0 spiro atoms. The highest BCUT2D eigenvalue weighted by molar-refractivity contribution is 5.98. The fraction of sp³-hybridized carbons (Fsp3) is 0.348. The third kappa shape index (κ3) is 5.08. The first-order valence-corrected chi connectivity index (χ1v) is 10.9. The second kappa shape index (κ2) is 10.6. The van der Waals surface area contributed by atoms with E-state index in [4.69, 9.17) is 14.9 Å². The van der Waals surface area contributed by atoms with Crippen LogP contribution < -0.4 is 27.3 Å². The Morgan fingerprint density at radius 2 is 1.88 bits per heavy atom. The molecule has 0 radical (unpaired) electrons. The number of carbonyl (C=O) groups excluding carboxylic acids is 2. The van der Waals surface area contributed by atoms with Crippen LogP contribution >= 0.6 is 0 Å². The predicted octanol–water partition coefficient (Wildman–Crippen LogP) is 1.63. The number of aromatic amines is 1. The topological polar surface area (TPSA) is 158 Å². The van der Waals surface area contributed by atoms with Crippen molar-refractivity contribution in [3.8, 4) is 0 Å². The molecule has 0 unspecified atom stereocenters. The van der Waals surface area contributed by atoms with Crippen molar-refractivity contribution in [2.75, 3.05) is 23.8 Å². The van der Waals surface area contributed by atoms with Crippen molar-refractivity contribution in [3.63, 3.8) is 0 Å². The second-order valence-electron chi connectivity index (χ2n) is 7.59. The molecule has 3 N–H and O–H groups in total. The Bertz CT molecular complexity index is 1390. The maximum atomic E-state index is 13.0. The number of nitrogens with one attached hydrogen (secondary N) is 1. The minimum absolute atomic E-state index is 0.121. The van der Waals surface area contributed by atoms with Crippen LogP contribution in [0.1, 0.15) is 43.7 Å². The van der Waals surface area contributed by atoms with E-state index in [2.05, 4.69) is 4.98 Å². The summed E-state index contributed by atoms with van der Waals surface area (Å²) in [5.41, 5.74) is 4.20. The molecule has 2 heterocycles. The molecule has 180 valence electrons. The first-order valence-electron chi connectivity index (χ1n) is 10.9. The first-order chi connectivity index (χ1) is 16.3. The number of para-hydroxylation sites is 1. The van der Waals surface area contributed by atoms with Crippen LogP contribution in [0.4, 0.5) is 11.5 Å². The van der Waals surface area contributed by atoms with E-state index in [9.17, 15) is 24.0 Å². The molecule has 0 saturated carbocycles. The number of hydrogen-bond donors (Lipinski definition) is 2. The summed E-state index contributed by atoms with van der Waals surface area (Å²) in [7, 11) is 0. The lowest BCUT2D eigenvalue weighted by Crippen LogP contribution is -2.43. The minimum Gasteiger partial charge on any atom is -0.450 e. The molecule has 0 atom stereocenters. The number of esters is 1. The van der Waals surface area contributed by atoms with Crippen LogP contribution in [-0.2, 0) is 16.1 Å². The summed E-state index contributed by atoms with van der Waals surface area (Å²) in [6, 6.07) is 7.40. The molecule has 1 amide bonds. The molecular weight excluding hydrogens is 444 g/mol. The van der Waals surface area contributed by atoms with Gasteiger partial charge in [-0.15, -0.1) is 0 Å². The molecule has 1 aromatic carbocycles. The average molecular weight is 470 g/mol. The zero-order valence-electron chi connectivity index (χ0n) is 19.0. The molecule has 0 aliphatic rings. The molecule has 34 heavy (non-hydrogen) atoms. The van der Waals surface area contributed by atoms with Gasteiger partial charge in [-0.2, -0.15) is 0 Å². The smallest absolute Gasteiger partial charge is 0.374 e. The number of aromatic nitrogens is 2. The number of nitrogens with zero attached hydrogens (tertiary/aromatic N) is 2. The Hall–Kier alpha value is -4.15. The predicted molar refractivity (Wildman–Crippen MR) is 126 cm³/mol. The number of unbranched alkanes of at least 4 members (excludes halogenated alkanes) is 1. The lowest BCUT2D eigenvalue weighted by Gasteiger charge is -2.24. The highest BCUT2D eigenvalue weighted by atomic mass is 16.5. The number of nitrogen functional groups attached to an aromatic ring is 1. The number of fused-ring (bicyclic) bond motifs is 1. The van der Waals surface area contributed by atoms with Gasteiger partial charge in [0.25, 0.3) is 11.5 Å². The standard InChI is InChI=1S/C23H26N4O7/c1-3-5-11-26(19-20(24)27(10-4-2)23(32)25-21(19)30)18(29)13-33-22(31)17-12-15(28)14-8-6-7-9-16(14)34-17/h6-9,12H,3-5,10-11,13,24H2,1-2H3,(H,25,30,32). The molecule has 0 aliphatic heterocycles. The number of hydrogen-bond acceptors (Lipinski definition) is 8. The highest BCUT2D eigenvalue weighted by Crippen LogP contribution is 2.18. The molecule has 0 aliphatic carbocycles. The lowest BCUT2D eigenvalue weighted by atomic mass is 10.2. The zero-order chi connectivity index (χ0) is 24.8. The monoisotopic (exact) mass is 470 g/mol. The van der Waals surface area contributed by atoms with Crippen LogP contribution in [0.3, 0.4) is 0 Å². The SMILES string of the molecule is CCCCN(C(=O)COC(=O)c1cc(=O)c2ccccc2o1)c1c(N)n(CCC)c(=O)[nH]c1=O. The van der Waals surface area contributed by atoms with Gasteiger partial charge in [-0.3, -0.25) is 23.9 Å². The van der Waals surface area contributed by atoms with Crippen LogP contribution in [0, 0.1) is 0 Å². The van der Waals surface area contributed by atoms with Gasteiger partial charge in [0.2, 0.25) is 5.76 Å². The number of nitrogens with two attached hydrogens (primary N) is 1. The van der Waals surface area contributed by atoms with Gasteiger partial charge in [-0.1, -0.05) is 32.4 Å². The summed E-state index contributed by atoms with van der Waals surface area (Å²) in [4.78, 5) is 65.6. The number of benzene rings is 1. The third-order valence-electron chi connectivity index (χ3n) is 5.13. The Morgan fingerprint density at radius 3 is 2.59 bits per heavy atom. The van der Waals surface area contributed by atoms with Crippen LogP contribution in [-0.4, -0.2) is 34.6 Å². The fourth-order valence-corrected chi connectivity index (χ4v) is 3.44. The van der Waals surface area contributed by atoms with Crippen molar-refractivity contribution in [2.24, 2.45) is 0 Å². The number of carbonyl (C=O) groups is 2. The van der Waals surface area contributed by atoms with Gasteiger partial charge in [0, 0.05) is 19.2 Å². The summed E-state index contributed by atoms with van der Waals surface area (Å²) >= 11 is 0. The van der Waals surface area contributed by atoms with Crippen molar-refractivity contribution in [1.82, 2.24) is 9.55 Å². The second-order valence-corrected chi connectivity index (χ2v) is 7.59. The van der Waals surface area contributed by atoms with Gasteiger partial charge in [0.05, 0.1) is 5.39 Å². The Labute approximate surface area is 193 Å². The fourth-order valence-electron chi connectivity index (χ4n) is 3.44. The summed E-state index contributed by atoms with van der Waals surface area (Å²) in [6.07, 6.45) is 1.82. The van der Waals surface area contributed by atoms with Crippen LogP contribution in [0.15, 0.2) is 49.1 Å². The van der Waals surface area contributed by atoms with Crippen LogP contribution in [0.25, 0.3) is 11.0 Å². The molecule has 11 heteroatoms. The van der Waals surface area contributed by atoms with Gasteiger partial charge in [-0.05, 0) is 25.0 Å². The number of anilines is 2. The maximum Gasteiger partial charge on any atom is 0.374 e. The van der Waals surface area contributed by atoms with E-state index in [1.165, 1.54) is 10.6 Å². The molecule has 11 nitrogen and oxygen atoms in total. The molecule has 0 saturated heterocycles. The van der Waals surface area contributed by atoms with Crippen LogP contribution in [0.5, 0.6) is 0 Å². The quantitative estimate of drug-likeness (QED) is 0.447. The molecular formula is C23H26N4O7. The van der Waals surface area contributed by atoms with E-state index in [0.29, 0.717) is 24.6 Å². The van der Waals surface area contributed by atoms with Crippen molar-refractivity contribution in [1.29, 1.82) is 0 Å². The summed E-state index contributed by atoms with van der Waals surface area (Å²) in [5.74, 6) is -2.23. The summed E-state index contributed by atoms with van der Waals surface area (Å²) in [5, 5.41) is 0.303. The molecule has 3 rings (SSSR count). The first kappa shape index (κ1) is 24.5. The zero-order valence-corrected chi connectivity index (χ0v) is 19.0. The Morgan fingerprint density at radius 1 is 1.15 bits per heavy atom. The van der Waals surface area contributed by atoms with Crippen molar-refractivity contribution < 1.29 is 18.7 Å². The molecule has 2 aromatic heterocycles. The van der Waals surface area contributed by atoms with E-state index in [1.807, 2.05) is 13.8 Å². The van der Waals surface area contributed by atoms with E-state index in [-0.39, 0.29) is 35.9 Å². The van der Waals surface area contributed by atoms with E-state index >= 15 is 0 Å². The molecule has 3 aromatic rings. The van der Waals surface area contributed by atoms with Gasteiger partial charge < -0.3 is 19.8 Å². The van der Waals surface area contributed by atoms with Crippen molar-refractivity contribution in [3.05, 3.63) is 67.2 Å². The third-order valence-corrected chi connectivity index (χ3v) is 5.13. The average Bonchev–Trinajstić information content (AvgIpc) is 2.81. The van der Waals surface area contributed by atoms with Crippen molar-refractivity contribution >= 4 is 34.4 Å². The summed E-state index contributed by atoms with van der Waals surface area (Å²) in [6.45, 7) is 3.37. The van der Waals surface area contributed by atoms with Crippen molar-refractivity contribution in [2.45, 2.75) is 39.7 Å². The van der Waals surface area contributed by atoms with Gasteiger partial charge in [0.1, 0.15) is 11.4 Å². The van der Waals surface area contributed by atoms with Gasteiger partial charge >= 0.3 is 11.7 Å². The van der Waals surface area contributed by atoms with Gasteiger partial charge in [-0.25, -0.2) is 9.59 Å². The normalized spacial score (nSPS) is 10.9. The molecule has 0 fully saturated rings. The van der Waals surface area contributed by atoms with Gasteiger partial charge in [0.15, 0.2) is 17.7 Å². The summed E-state index contributed by atoms with van der Waals surface area (Å²) < 4.78 is 11.7. The molecule has 0 bridgehead atoms.